The molecule has 0 aromatic heterocycles. The fourth-order valence-electron chi connectivity index (χ4n) is 4.08. The summed E-state index contributed by atoms with van der Waals surface area (Å²) in [5.74, 6) is -0.763. The molecule has 7 nitrogen and oxygen atoms in total. The molecule has 34 heavy (non-hydrogen) atoms. The maximum Gasteiger partial charge on any atom is 0.331 e. The lowest BCUT2D eigenvalue weighted by atomic mass is 10.0. The summed E-state index contributed by atoms with van der Waals surface area (Å²) in [5, 5.41) is 3.32. The van der Waals surface area contributed by atoms with Crippen LogP contribution >= 0.6 is 34.8 Å². The highest BCUT2D eigenvalue weighted by molar-refractivity contribution is 6.42. The molecule has 2 aromatic rings. The van der Waals surface area contributed by atoms with E-state index in [9.17, 15) is 14.4 Å². The Labute approximate surface area is 211 Å². The second kappa shape index (κ2) is 10.3. The zero-order valence-corrected chi connectivity index (χ0v) is 20.5. The van der Waals surface area contributed by atoms with Crippen molar-refractivity contribution in [1.82, 2.24) is 10.2 Å². The summed E-state index contributed by atoms with van der Waals surface area (Å²) in [7, 11) is 1.45. The minimum Gasteiger partial charge on any atom is -0.493 e. The van der Waals surface area contributed by atoms with Crippen molar-refractivity contribution < 1.29 is 23.9 Å². The summed E-state index contributed by atoms with van der Waals surface area (Å²) >= 11 is 18.5. The molecular formula is C24H21Cl3N2O5. The standard InChI is InChI=1S/C24H21Cl3N2O5/c1-33-20-11-14(10-19(27)21(20)34-12-13-6-7-17(25)18(26)9-13)8-16-22(30)28-24(32)29(23(16)31)15-4-2-3-5-15/h6-11,15H,2-5,12H2,1H3,(H,28,30,32)/b16-8+. The topological polar surface area (TPSA) is 84.9 Å². The van der Waals surface area contributed by atoms with Crippen LogP contribution in [0.5, 0.6) is 11.5 Å². The lowest BCUT2D eigenvalue weighted by molar-refractivity contribution is -0.131. The molecule has 0 radical (unpaired) electrons. The van der Waals surface area contributed by atoms with Crippen molar-refractivity contribution in [3.63, 3.8) is 0 Å². The van der Waals surface area contributed by atoms with Gasteiger partial charge in [-0.2, -0.15) is 0 Å². The van der Waals surface area contributed by atoms with Crippen LogP contribution in [-0.4, -0.2) is 35.9 Å². The minimum atomic E-state index is -0.751. The van der Waals surface area contributed by atoms with Crippen LogP contribution in [0.25, 0.3) is 6.08 Å². The molecule has 1 saturated heterocycles. The number of urea groups is 1. The molecule has 0 atom stereocenters. The lowest BCUT2D eigenvalue weighted by Crippen LogP contribution is -2.57. The second-order valence-corrected chi connectivity index (χ2v) is 9.22. The Morgan fingerprint density at radius 3 is 2.44 bits per heavy atom. The summed E-state index contributed by atoms with van der Waals surface area (Å²) in [5.41, 5.74) is 1.08. The molecule has 1 N–H and O–H groups in total. The van der Waals surface area contributed by atoms with Gasteiger partial charge >= 0.3 is 6.03 Å². The summed E-state index contributed by atoms with van der Waals surface area (Å²) in [6, 6.07) is 7.40. The van der Waals surface area contributed by atoms with Crippen LogP contribution in [0.3, 0.4) is 0 Å². The number of nitrogens with one attached hydrogen (secondary N) is 1. The maximum atomic E-state index is 13.0. The van der Waals surface area contributed by atoms with E-state index in [-0.39, 0.29) is 23.2 Å². The molecular weight excluding hydrogens is 503 g/mol. The van der Waals surface area contributed by atoms with Gasteiger partial charge in [0.25, 0.3) is 11.8 Å². The molecule has 4 amide bonds. The number of benzene rings is 2. The van der Waals surface area contributed by atoms with Gasteiger partial charge in [-0.05, 0) is 54.3 Å². The summed E-state index contributed by atoms with van der Waals surface area (Å²) < 4.78 is 11.3. The van der Waals surface area contributed by atoms with E-state index in [1.165, 1.54) is 13.2 Å². The Balaban J connectivity index is 1.59. The van der Waals surface area contributed by atoms with E-state index in [1.54, 1.807) is 30.3 Å². The van der Waals surface area contributed by atoms with Crippen molar-refractivity contribution in [2.45, 2.75) is 38.3 Å². The highest BCUT2D eigenvalue weighted by Crippen LogP contribution is 2.38. The number of amides is 4. The Kier molecular flexibility index (Phi) is 7.36. The van der Waals surface area contributed by atoms with E-state index in [1.807, 2.05) is 0 Å². The van der Waals surface area contributed by atoms with E-state index in [0.29, 0.717) is 27.1 Å². The van der Waals surface area contributed by atoms with Crippen LogP contribution in [0, 0.1) is 0 Å². The average Bonchev–Trinajstić information content (AvgIpc) is 3.32. The van der Waals surface area contributed by atoms with Crippen molar-refractivity contribution in [2.75, 3.05) is 7.11 Å². The van der Waals surface area contributed by atoms with Crippen molar-refractivity contribution >= 4 is 58.7 Å². The highest BCUT2D eigenvalue weighted by Gasteiger charge is 2.40. The van der Waals surface area contributed by atoms with Crippen LogP contribution in [0.2, 0.25) is 15.1 Å². The number of hydrogen-bond acceptors (Lipinski definition) is 5. The highest BCUT2D eigenvalue weighted by atomic mass is 35.5. The van der Waals surface area contributed by atoms with Gasteiger partial charge in [0.15, 0.2) is 11.5 Å². The molecule has 10 heteroatoms. The summed E-state index contributed by atoms with van der Waals surface area (Å²) in [6.07, 6.45) is 4.72. The quantitative estimate of drug-likeness (QED) is 0.391. The number of ether oxygens (including phenoxy) is 2. The number of nitrogens with zero attached hydrogens (tertiary/aromatic N) is 1. The molecule has 1 saturated carbocycles. The molecule has 1 aliphatic carbocycles. The molecule has 0 bridgehead atoms. The Morgan fingerprint density at radius 1 is 1.03 bits per heavy atom. The predicted octanol–water partition coefficient (Wildman–Crippen LogP) is 5.64. The van der Waals surface area contributed by atoms with Crippen molar-refractivity contribution in [3.05, 3.63) is 62.1 Å². The molecule has 1 aliphatic heterocycles. The minimum absolute atomic E-state index is 0.144. The lowest BCUT2D eigenvalue weighted by Gasteiger charge is -2.31. The molecule has 2 fully saturated rings. The predicted molar refractivity (Wildman–Crippen MR) is 129 cm³/mol. The number of imide groups is 2. The first-order chi connectivity index (χ1) is 16.3. The van der Waals surface area contributed by atoms with E-state index in [4.69, 9.17) is 44.3 Å². The normalized spacial score (nSPS) is 17.9. The summed E-state index contributed by atoms with van der Waals surface area (Å²) in [4.78, 5) is 38.9. The van der Waals surface area contributed by atoms with Gasteiger partial charge in [0.1, 0.15) is 12.2 Å². The number of hydrogen-bond donors (Lipinski definition) is 1. The van der Waals surface area contributed by atoms with Gasteiger partial charge in [0.2, 0.25) is 0 Å². The van der Waals surface area contributed by atoms with Gasteiger partial charge < -0.3 is 9.47 Å². The van der Waals surface area contributed by atoms with Crippen LogP contribution in [0.15, 0.2) is 35.9 Å². The maximum absolute atomic E-state index is 13.0. The first-order valence-electron chi connectivity index (χ1n) is 10.6. The number of methoxy groups -OCH3 is 1. The fraction of sp³-hybridized carbons (Fsp3) is 0.292. The van der Waals surface area contributed by atoms with Gasteiger partial charge in [-0.1, -0.05) is 53.7 Å². The third-order valence-corrected chi connectivity index (χ3v) is 6.77. The van der Waals surface area contributed by atoms with Gasteiger partial charge in [-0.25, -0.2) is 4.79 Å². The first-order valence-corrected chi connectivity index (χ1v) is 11.8. The van der Waals surface area contributed by atoms with Gasteiger partial charge in [0, 0.05) is 6.04 Å². The third-order valence-electron chi connectivity index (χ3n) is 5.75. The monoisotopic (exact) mass is 522 g/mol. The van der Waals surface area contributed by atoms with Gasteiger partial charge in [-0.15, -0.1) is 0 Å². The Hall–Kier alpha value is -2.74. The molecule has 4 rings (SSSR count). The number of carbonyl (C=O) groups is 3. The smallest absolute Gasteiger partial charge is 0.331 e. The second-order valence-electron chi connectivity index (χ2n) is 8.00. The molecule has 178 valence electrons. The van der Waals surface area contributed by atoms with Crippen LogP contribution in [0.4, 0.5) is 4.79 Å². The number of halogens is 3. The van der Waals surface area contributed by atoms with Crippen LogP contribution in [0.1, 0.15) is 36.8 Å². The Morgan fingerprint density at radius 2 is 1.76 bits per heavy atom. The third kappa shape index (κ3) is 5.02. The number of carbonyl (C=O) groups excluding carboxylic acids is 3. The van der Waals surface area contributed by atoms with Gasteiger partial charge in [-0.3, -0.25) is 19.8 Å². The largest absolute Gasteiger partial charge is 0.493 e. The zero-order valence-electron chi connectivity index (χ0n) is 18.2. The van der Waals surface area contributed by atoms with Gasteiger partial charge in [0.05, 0.1) is 22.2 Å². The molecule has 0 unspecified atom stereocenters. The molecule has 0 spiro atoms. The van der Waals surface area contributed by atoms with Crippen LogP contribution < -0.4 is 14.8 Å². The van der Waals surface area contributed by atoms with E-state index in [0.717, 1.165) is 36.1 Å². The Bertz CT molecular complexity index is 1190. The average molecular weight is 524 g/mol. The van der Waals surface area contributed by atoms with Crippen molar-refractivity contribution in [1.29, 1.82) is 0 Å². The number of barbiturate groups is 1. The fourth-order valence-corrected chi connectivity index (χ4v) is 4.67. The SMILES string of the molecule is COc1cc(/C=C2\C(=O)NC(=O)N(C3CCCC3)C2=O)cc(Cl)c1OCc1ccc(Cl)c(Cl)c1. The van der Waals surface area contributed by atoms with E-state index in [2.05, 4.69) is 5.32 Å². The van der Waals surface area contributed by atoms with Crippen molar-refractivity contribution in [3.8, 4) is 11.5 Å². The molecule has 1 heterocycles. The van der Waals surface area contributed by atoms with E-state index < -0.39 is 17.8 Å². The summed E-state index contributed by atoms with van der Waals surface area (Å²) in [6.45, 7) is 0.159. The van der Waals surface area contributed by atoms with Crippen molar-refractivity contribution in [2.24, 2.45) is 0 Å². The van der Waals surface area contributed by atoms with Crippen LogP contribution in [-0.2, 0) is 16.2 Å². The number of rotatable bonds is 6. The molecule has 2 aromatic carbocycles. The molecule has 2 aliphatic rings. The van der Waals surface area contributed by atoms with E-state index >= 15 is 0 Å². The first kappa shape index (κ1) is 24.4. The zero-order chi connectivity index (χ0) is 24.4.